The van der Waals surface area contributed by atoms with Gasteiger partial charge in [0.1, 0.15) is 0 Å². The number of hydrogen-bond donors (Lipinski definition) is 2. The van der Waals surface area contributed by atoms with Gasteiger partial charge in [0.2, 0.25) is 0 Å². The molecule has 2 unspecified atom stereocenters. The molecule has 3 nitrogen and oxygen atoms in total. The van der Waals surface area contributed by atoms with Crippen LogP contribution in [0.25, 0.3) is 0 Å². The second kappa shape index (κ2) is 6.33. The van der Waals surface area contributed by atoms with Crippen LogP contribution in [0.1, 0.15) is 30.7 Å². The van der Waals surface area contributed by atoms with Gasteiger partial charge < -0.3 is 11.1 Å². The number of aromatic nitrogens is 1. The molecule has 3 N–H and O–H groups in total. The molecule has 0 saturated heterocycles. The molecule has 1 aromatic rings. The largest absolute Gasteiger partial charge is 0.327 e. The maximum atomic E-state index is 6.11. The van der Waals surface area contributed by atoms with Crippen molar-refractivity contribution >= 4 is 11.3 Å². The lowest BCUT2D eigenvalue weighted by Crippen LogP contribution is -2.39. The van der Waals surface area contributed by atoms with Gasteiger partial charge >= 0.3 is 0 Å². The highest BCUT2D eigenvalue weighted by Crippen LogP contribution is 2.22. The maximum Gasteiger partial charge on any atom is 0.0937 e. The molecule has 1 aliphatic rings. The molecule has 0 spiro atoms. The van der Waals surface area contributed by atoms with E-state index < -0.39 is 0 Å². The van der Waals surface area contributed by atoms with E-state index in [0.717, 1.165) is 19.5 Å². The first-order valence-electron chi connectivity index (χ1n) is 6.21. The molecule has 2 atom stereocenters. The quantitative estimate of drug-likeness (QED) is 0.770. The van der Waals surface area contributed by atoms with E-state index in [1.54, 1.807) is 11.3 Å². The summed E-state index contributed by atoms with van der Waals surface area (Å²) in [6.45, 7) is 2.10. The predicted octanol–water partition coefficient (Wildman–Crippen LogP) is 1.79. The first-order valence-corrected chi connectivity index (χ1v) is 7.09. The minimum atomic E-state index is 0.418. The van der Waals surface area contributed by atoms with Crippen molar-refractivity contribution in [2.24, 2.45) is 11.7 Å². The number of nitrogens with zero attached hydrogens (tertiary/aromatic N) is 1. The van der Waals surface area contributed by atoms with Crippen LogP contribution in [-0.4, -0.2) is 24.1 Å². The van der Waals surface area contributed by atoms with E-state index >= 15 is 0 Å². The lowest BCUT2D eigenvalue weighted by atomic mass is 9.85. The number of rotatable bonds is 5. The fourth-order valence-electron chi connectivity index (χ4n) is 2.35. The van der Waals surface area contributed by atoms with Gasteiger partial charge in [0, 0.05) is 30.6 Å². The van der Waals surface area contributed by atoms with Crippen LogP contribution in [0.3, 0.4) is 0 Å². The Morgan fingerprint density at radius 3 is 3.06 bits per heavy atom. The molecular weight excluding hydrogens is 218 g/mol. The fourth-order valence-corrected chi connectivity index (χ4v) is 2.97. The van der Waals surface area contributed by atoms with Gasteiger partial charge in [-0.05, 0) is 25.3 Å². The maximum absolute atomic E-state index is 6.11. The Morgan fingerprint density at radius 1 is 1.44 bits per heavy atom. The van der Waals surface area contributed by atoms with Crippen LogP contribution < -0.4 is 11.1 Å². The van der Waals surface area contributed by atoms with Crippen LogP contribution in [0, 0.1) is 5.92 Å². The topological polar surface area (TPSA) is 50.9 Å². The van der Waals surface area contributed by atoms with Crippen molar-refractivity contribution in [3.05, 3.63) is 16.6 Å². The zero-order valence-corrected chi connectivity index (χ0v) is 10.5. The minimum absolute atomic E-state index is 0.418. The Bertz CT molecular complexity index is 286. The normalized spacial score (nSPS) is 25.8. The van der Waals surface area contributed by atoms with E-state index in [4.69, 9.17) is 5.73 Å². The van der Waals surface area contributed by atoms with Gasteiger partial charge in [-0.1, -0.05) is 12.8 Å². The van der Waals surface area contributed by atoms with Crippen molar-refractivity contribution < 1.29 is 0 Å². The molecule has 1 fully saturated rings. The van der Waals surface area contributed by atoms with E-state index in [1.165, 1.54) is 30.7 Å². The lowest BCUT2D eigenvalue weighted by Gasteiger charge is -2.28. The van der Waals surface area contributed by atoms with Gasteiger partial charge in [-0.15, -0.1) is 11.3 Å². The first kappa shape index (κ1) is 12.0. The van der Waals surface area contributed by atoms with Crippen LogP contribution in [0.2, 0.25) is 0 Å². The zero-order valence-electron chi connectivity index (χ0n) is 9.69. The number of nitrogens with two attached hydrogens (primary N) is 1. The van der Waals surface area contributed by atoms with Crippen LogP contribution in [0.5, 0.6) is 0 Å². The second-order valence-electron chi connectivity index (χ2n) is 4.59. The molecule has 1 aliphatic carbocycles. The molecule has 90 valence electrons. The van der Waals surface area contributed by atoms with Crippen LogP contribution in [0.15, 0.2) is 11.6 Å². The Balaban J connectivity index is 1.60. The van der Waals surface area contributed by atoms with E-state index in [9.17, 15) is 0 Å². The monoisotopic (exact) mass is 239 g/mol. The van der Waals surface area contributed by atoms with E-state index in [0.29, 0.717) is 12.0 Å². The molecule has 0 amide bonds. The Hall–Kier alpha value is -0.450. The molecule has 16 heavy (non-hydrogen) atoms. The van der Waals surface area contributed by atoms with Crippen molar-refractivity contribution in [2.45, 2.75) is 38.1 Å². The smallest absolute Gasteiger partial charge is 0.0937 e. The Kier molecular flexibility index (Phi) is 4.75. The summed E-state index contributed by atoms with van der Waals surface area (Å²) in [6, 6.07) is 0.418. The van der Waals surface area contributed by atoms with Gasteiger partial charge in [-0.25, -0.2) is 4.98 Å². The Morgan fingerprint density at radius 2 is 2.31 bits per heavy atom. The highest BCUT2D eigenvalue weighted by atomic mass is 32.1. The molecule has 1 heterocycles. The summed E-state index contributed by atoms with van der Waals surface area (Å²) in [7, 11) is 0. The van der Waals surface area contributed by atoms with Gasteiger partial charge in [-0.2, -0.15) is 0 Å². The summed E-state index contributed by atoms with van der Waals surface area (Å²) in [4.78, 5) is 4.27. The third-order valence-electron chi connectivity index (χ3n) is 3.37. The second-order valence-corrected chi connectivity index (χ2v) is 5.57. The molecule has 0 bridgehead atoms. The van der Waals surface area contributed by atoms with Crippen LogP contribution in [-0.2, 0) is 6.42 Å². The molecule has 4 heteroatoms. The molecule has 2 rings (SSSR count). The van der Waals surface area contributed by atoms with Gasteiger partial charge in [0.15, 0.2) is 0 Å². The third-order valence-corrected chi connectivity index (χ3v) is 4.21. The number of thiazole rings is 1. The summed E-state index contributed by atoms with van der Waals surface area (Å²) in [5.41, 5.74) is 6.11. The Labute approximate surface area is 101 Å². The van der Waals surface area contributed by atoms with Crippen molar-refractivity contribution in [3.63, 3.8) is 0 Å². The van der Waals surface area contributed by atoms with Crippen LogP contribution >= 0.6 is 11.3 Å². The van der Waals surface area contributed by atoms with Gasteiger partial charge in [0.05, 0.1) is 5.01 Å². The summed E-state index contributed by atoms with van der Waals surface area (Å²) in [5, 5.41) is 6.77. The predicted molar refractivity (Wildman–Crippen MR) is 68.6 cm³/mol. The standard InChI is InChI=1S/C12H21N3S/c13-11-4-2-1-3-10(11)9-14-6-5-12-15-7-8-16-12/h7-8,10-11,14H,1-6,9,13H2. The summed E-state index contributed by atoms with van der Waals surface area (Å²) in [5.74, 6) is 0.685. The third kappa shape index (κ3) is 3.54. The zero-order chi connectivity index (χ0) is 11.2. The SMILES string of the molecule is NC1CCCCC1CNCCc1nccs1. The molecule has 0 aliphatic heterocycles. The molecule has 1 aromatic heterocycles. The summed E-state index contributed by atoms with van der Waals surface area (Å²) >= 11 is 1.73. The van der Waals surface area contributed by atoms with Crippen molar-refractivity contribution in [3.8, 4) is 0 Å². The van der Waals surface area contributed by atoms with Gasteiger partial charge in [0.25, 0.3) is 0 Å². The highest BCUT2D eigenvalue weighted by Gasteiger charge is 2.20. The summed E-state index contributed by atoms with van der Waals surface area (Å²) in [6.07, 6.45) is 8.09. The van der Waals surface area contributed by atoms with E-state index in [2.05, 4.69) is 10.3 Å². The lowest BCUT2D eigenvalue weighted by molar-refractivity contribution is 0.297. The minimum Gasteiger partial charge on any atom is -0.327 e. The van der Waals surface area contributed by atoms with Crippen molar-refractivity contribution in [1.29, 1.82) is 0 Å². The van der Waals surface area contributed by atoms with Crippen molar-refractivity contribution in [1.82, 2.24) is 10.3 Å². The average Bonchev–Trinajstić information content (AvgIpc) is 2.79. The number of nitrogens with one attached hydrogen (secondary N) is 1. The number of hydrogen-bond acceptors (Lipinski definition) is 4. The average molecular weight is 239 g/mol. The molecular formula is C12H21N3S. The fraction of sp³-hybridized carbons (Fsp3) is 0.750. The molecule has 0 radical (unpaired) electrons. The van der Waals surface area contributed by atoms with Crippen LogP contribution in [0.4, 0.5) is 0 Å². The molecule has 1 saturated carbocycles. The highest BCUT2D eigenvalue weighted by molar-refractivity contribution is 7.09. The molecule has 0 aromatic carbocycles. The van der Waals surface area contributed by atoms with Crippen molar-refractivity contribution in [2.75, 3.05) is 13.1 Å². The van der Waals surface area contributed by atoms with E-state index in [-0.39, 0.29) is 0 Å². The summed E-state index contributed by atoms with van der Waals surface area (Å²) < 4.78 is 0. The van der Waals surface area contributed by atoms with E-state index in [1.807, 2.05) is 11.6 Å². The van der Waals surface area contributed by atoms with Gasteiger partial charge in [-0.3, -0.25) is 0 Å². The first-order chi connectivity index (χ1) is 7.86.